The molecule has 0 radical (unpaired) electrons. The lowest BCUT2D eigenvalue weighted by Crippen LogP contribution is -2.82. The van der Waals surface area contributed by atoms with Crippen LogP contribution in [-0.2, 0) is 0 Å². The molecule has 0 aliphatic heterocycles. The fraction of sp³-hybridized carbons (Fsp3) is 1.00. The lowest BCUT2D eigenvalue weighted by atomic mass is 9.54. The van der Waals surface area contributed by atoms with Crippen molar-refractivity contribution in [3.05, 3.63) is 0 Å². The third-order valence-corrected chi connectivity index (χ3v) is 6.43. The second-order valence-corrected chi connectivity index (χ2v) is 7.55. The molecule has 0 N–H and O–H groups in total. The van der Waals surface area contributed by atoms with Gasteiger partial charge >= 0.3 is 42.7 Å². The van der Waals surface area contributed by atoms with Gasteiger partial charge in [0.1, 0.15) is 0 Å². The van der Waals surface area contributed by atoms with E-state index in [0.717, 1.165) is 0 Å². The van der Waals surface area contributed by atoms with Crippen LogP contribution < -0.4 is 0 Å². The highest BCUT2D eigenvalue weighted by atomic mass is 19.4. The molecular weight excluding hydrogens is 555 g/mol. The number of halogens is 21. The van der Waals surface area contributed by atoms with Crippen molar-refractivity contribution in [2.24, 2.45) is 16.2 Å². The van der Waals surface area contributed by atoms with E-state index in [2.05, 4.69) is 0 Å². The van der Waals surface area contributed by atoms with Gasteiger partial charge in [0.25, 0.3) is 0 Å². The highest BCUT2D eigenvalue weighted by molar-refractivity contribution is 5.52. The molecule has 34 heavy (non-hydrogen) atoms. The second-order valence-electron chi connectivity index (χ2n) is 7.55. The van der Waals surface area contributed by atoms with E-state index in [1.54, 1.807) is 0 Å². The van der Waals surface area contributed by atoms with Crippen LogP contribution in [-0.4, -0.2) is 54.1 Å². The van der Waals surface area contributed by atoms with Crippen molar-refractivity contribution >= 4 is 0 Å². The van der Waals surface area contributed by atoms with E-state index in [-0.39, 0.29) is 0 Å². The Morgan fingerprint density at radius 2 is 0.647 bits per heavy atom. The number of hydrogen-bond acceptors (Lipinski definition) is 0. The van der Waals surface area contributed by atoms with Crippen LogP contribution in [0.2, 0.25) is 0 Å². The lowest BCUT2D eigenvalue weighted by molar-refractivity contribution is -0.477. The number of fused-ring (bicyclic) bond motifs is 2. The monoisotopic (exact) mass is 558 g/mol. The number of rotatable bonds is 0. The Morgan fingerprint density at radius 3 is 0.824 bits per heavy atom. The van der Waals surface area contributed by atoms with Crippen LogP contribution in [0.3, 0.4) is 0 Å². The van der Waals surface area contributed by atoms with E-state index >= 15 is 8.78 Å². The molecule has 0 aromatic rings. The largest absolute Gasteiger partial charge is 0.409 e. The molecule has 0 spiro atoms. The molecule has 2 aliphatic carbocycles. The number of hydrogen-bond donors (Lipinski definition) is 0. The molecule has 202 valence electrons. The summed E-state index contributed by atoms with van der Waals surface area (Å²) in [7, 11) is 0. The first-order valence-corrected chi connectivity index (χ1v) is 7.72. The molecule has 0 nitrogen and oxygen atoms in total. The molecule has 21 heteroatoms. The fourth-order valence-corrected chi connectivity index (χ4v) is 5.67. The molecule has 2 fully saturated rings. The van der Waals surface area contributed by atoms with Crippen molar-refractivity contribution in [1.29, 1.82) is 0 Å². The van der Waals surface area contributed by atoms with Crippen LogP contribution in [0.1, 0.15) is 6.92 Å². The van der Waals surface area contributed by atoms with Gasteiger partial charge in [-0.25, -0.2) is 8.78 Å². The van der Waals surface area contributed by atoms with E-state index in [0.29, 0.717) is 0 Å². The first-order chi connectivity index (χ1) is 14.2. The molecule has 0 aromatic carbocycles. The average molecular weight is 558 g/mol. The normalized spacial score (nSPS) is 37.2. The first kappa shape index (κ1) is 28.8. The summed E-state index contributed by atoms with van der Waals surface area (Å²) in [5.41, 5.74) is -43.4. The van der Waals surface area contributed by atoms with Gasteiger partial charge in [-0.2, -0.15) is 83.4 Å². The van der Waals surface area contributed by atoms with Gasteiger partial charge in [0.05, 0.1) is 0 Å². The van der Waals surface area contributed by atoms with Gasteiger partial charge in [0, 0.05) is 0 Å². The van der Waals surface area contributed by atoms with Crippen LogP contribution in [0.5, 0.6) is 0 Å². The Morgan fingerprint density at radius 1 is 0.382 bits per heavy atom. The molecule has 0 amide bonds. The van der Waals surface area contributed by atoms with Gasteiger partial charge in [0.2, 0.25) is 16.5 Å². The Labute approximate surface area is 171 Å². The minimum atomic E-state index is -9.12. The van der Waals surface area contributed by atoms with Gasteiger partial charge in [-0.1, -0.05) is 0 Å². The molecule has 0 saturated heterocycles. The van der Waals surface area contributed by atoms with Crippen molar-refractivity contribution in [2.45, 2.75) is 61.0 Å². The smallest absolute Gasteiger partial charge is 0.241 e. The van der Waals surface area contributed by atoms with Crippen molar-refractivity contribution in [1.82, 2.24) is 0 Å². The summed E-state index contributed by atoms with van der Waals surface area (Å²) in [6, 6.07) is 0. The quantitative estimate of drug-likeness (QED) is 0.271. The fourth-order valence-electron chi connectivity index (χ4n) is 5.67. The van der Waals surface area contributed by atoms with Gasteiger partial charge in [0.15, 0.2) is 11.1 Å². The summed E-state index contributed by atoms with van der Waals surface area (Å²) < 4.78 is 291. The van der Waals surface area contributed by atoms with Crippen molar-refractivity contribution < 1.29 is 92.2 Å². The van der Waals surface area contributed by atoms with Crippen LogP contribution in [0.4, 0.5) is 92.2 Å². The Bertz CT molecular complexity index is 810. The minimum Gasteiger partial charge on any atom is -0.241 e. The minimum absolute atomic E-state index is 2.15. The Kier molecular flexibility index (Phi) is 5.00. The molecule has 3 unspecified atom stereocenters. The van der Waals surface area contributed by atoms with Gasteiger partial charge in [-0.3, -0.25) is 0 Å². The Balaban J connectivity index is 3.71. The Hall–Kier alpha value is -1.47. The second kappa shape index (κ2) is 5.91. The summed E-state index contributed by atoms with van der Waals surface area (Å²) in [4.78, 5) is 0. The van der Waals surface area contributed by atoms with E-state index in [1.165, 1.54) is 0 Å². The zero-order valence-corrected chi connectivity index (χ0v) is 14.9. The van der Waals surface area contributed by atoms with Crippen LogP contribution >= 0.6 is 0 Å². The molecule has 2 saturated carbocycles. The molecular formula is C13H3F21. The third kappa shape index (κ3) is 1.99. The maximum absolute atomic E-state index is 15.4. The van der Waals surface area contributed by atoms with Gasteiger partial charge in [-0.05, 0) is 6.92 Å². The van der Waals surface area contributed by atoms with E-state index in [4.69, 9.17) is 0 Å². The van der Waals surface area contributed by atoms with Crippen molar-refractivity contribution in [3.63, 3.8) is 0 Å². The van der Waals surface area contributed by atoms with Gasteiger partial charge in [-0.15, -0.1) is 0 Å². The highest BCUT2D eigenvalue weighted by Crippen LogP contribution is 2.98. The van der Waals surface area contributed by atoms with Crippen LogP contribution in [0, 0.1) is 16.2 Å². The summed E-state index contributed by atoms with van der Waals surface area (Å²) in [6.07, 6.45) is -43.5. The zero-order chi connectivity index (χ0) is 28.0. The molecule has 2 rings (SSSR count). The van der Waals surface area contributed by atoms with Crippen molar-refractivity contribution in [3.8, 4) is 0 Å². The molecule has 3 atom stereocenters. The van der Waals surface area contributed by atoms with Crippen molar-refractivity contribution in [2.75, 3.05) is 0 Å². The molecule has 2 aliphatic rings. The maximum atomic E-state index is 15.4. The summed E-state index contributed by atoms with van der Waals surface area (Å²) in [5.74, 6) is -17.3. The van der Waals surface area contributed by atoms with Crippen LogP contribution in [0.25, 0.3) is 0 Å². The maximum Gasteiger partial charge on any atom is 0.409 e. The standard InChI is InChI=1S/C13H3F21/c1-2(14)3(9(20,21)22)5(12(29,30)31,13(32,33)34)6(15,8(18,19)7(3,16)17)4(2,10(23,24)25)11(26,27)28/h1H3. The van der Waals surface area contributed by atoms with E-state index < -0.39 is 77.2 Å². The summed E-state index contributed by atoms with van der Waals surface area (Å²) in [6.45, 7) is -2.15. The lowest BCUT2D eigenvalue weighted by Gasteiger charge is -2.56. The first-order valence-electron chi connectivity index (χ1n) is 7.72. The predicted molar refractivity (Wildman–Crippen MR) is 60.8 cm³/mol. The van der Waals surface area contributed by atoms with E-state index in [1.807, 2.05) is 0 Å². The average Bonchev–Trinajstić information content (AvgIpc) is 2.66. The van der Waals surface area contributed by atoms with Gasteiger partial charge < -0.3 is 0 Å². The van der Waals surface area contributed by atoms with Crippen LogP contribution in [0.15, 0.2) is 0 Å². The summed E-state index contributed by atoms with van der Waals surface area (Å²) >= 11 is 0. The topological polar surface area (TPSA) is 0 Å². The molecule has 0 heterocycles. The molecule has 2 bridgehead atoms. The highest BCUT2D eigenvalue weighted by Gasteiger charge is 3.25. The zero-order valence-electron chi connectivity index (χ0n) is 14.9. The molecule has 0 aromatic heterocycles. The third-order valence-electron chi connectivity index (χ3n) is 6.43. The SMILES string of the molecule is CC1(F)C(C(F)(F)F)(C(F)(F)F)C2(F)C(F)(F)C(F)(F)C1(C(F)(F)F)C2(C(F)(F)F)C(F)(F)F. The van der Waals surface area contributed by atoms with E-state index in [9.17, 15) is 83.4 Å². The number of alkyl halides is 21. The summed E-state index contributed by atoms with van der Waals surface area (Å²) in [5, 5.41) is 0. The predicted octanol–water partition coefficient (Wildman–Crippen LogP) is 7.49.